The molecule has 150 valence electrons. The highest BCUT2D eigenvalue weighted by Crippen LogP contribution is 2.35. The molecule has 1 heterocycles. The van der Waals surface area contributed by atoms with Crippen LogP contribution in [0.25, 0.3) is 11.3 Å². The first-order chi connectivity index (χ1) is 13.9. The van der Waals surface area contributed by atoms with Gasteiger partial charge in [0.25, 0.3) is 0 Å². The quantitative estimate of drug-likeness (QED) is 0.422. The van der Waals surface area contributed by atoms with Crippen molar-refractivity contribution in [2.75, 3.05) is 7.11 Å². The molecule has 0 bridgehead atoms. The van der Waals surface area contributed by atoms with Crippen LogP contribution in [0.4, 0.5) is 5.69 Å². The second kappa shape index (κ2) is 9.04. The van der Waals surface area contributed by atoms with E-state index in [2.05, 4.69) is 45.9 Å². The highest BCUT2D eigenvalue weighted by molar-refractivity contribution is 5.99. The van der Waals surface area contributed by atoms with Gasteiger partial charge in [-0.1, -0.05) is 64.1 Å². The Morgan fingerprint density at radius 3 is 2.10 bits per heavy atom. The van der Waals surface area contributed by atoms with Crippen LogP contribution in [-0.4, -0.2) is 17.8 Å². The molecular formula is C26H30N2O. The predicted molar refractivity (Wildman–Crippen MR) is 123 cm³/mol. The van der Waals surface area contributed by atoms with Crippen LogP contribution in [0.3, 0.4) is 0 Å². The molecule has 0 fully saturated rings. The molecule has 0 radical (unpaired) electrons. The molecule has 0 spiro atoms. The number of aromatic nitrogens is 1. The van der Waals surface area contributed by atoms with E-state index >= 15 is 0 Å². The van der Waals surface area contributed by atoms with E-state index in [1.165, 1.54) is 11.1 Å². The molecule has 3 heteroatoms. The fourth-order valence-corrected chi connectivity index (χ4v) is 3.45. The number of pyridine rings is 1. The van der Waals surface area contributed by atoms with Crippen molar-refractivity contribution >= 4 is 11.4 Å². The van der Waals surface area contributed by atoms with E-state index in [4.69, 9.17) is 14.7 Å². The molecule has 0 atom stereocenters. The van der Waals surface area contributed by atoms with Crippen molar-refractivity contribution in [3.05, 3.63) is 77.5 Å². The normalized spacial score (nSPS) is 11.9. The number of ether oxygens (including phenoxy) is 1. The number of hydrogen-bond donors (Lipinski definition) is 0. The van der Waals surface area contributed by atoms with Gasteiger partial charge in [0.1, 0.15) is 5.75 Å². The maximum atomic E-state index is 5.35. The lowest BCUT2D eigenvalue weighted by atomic mass is 9.93. The zero-order valence-corrected chi connectivity index (χ0v) is 18.2. The molecule has 1 aromatic heterocycles. The Bertz CT molecular complexity index is 992. The van der Waals surface area contributed by atoms with Crippen molar-refractivity contribution in [1.29, 1.82) is 0 Å². The first kappa shape index (κ1) is 20.8. The van der Waals surface area contributed by atoms with E-state index in [9.17, 15) is 0 Å². The van der Waals surface area contributed by atoms with Crippen LogP contribution in [0.2, 0.25) is 0 Å². The number of nitrogens with zero attached hydrogens (tertiary/aromatic N) is 2. The zero-order valence-electron chi connectivity index (χ0n) is 18.2. The van der Waals surface area contributed by atoms with Crippen LogP contribution in [0.5, 0.6) is 5.75 Å². The number of benzene rings is 2. The Balaban J connectivity index is 2.06. The van der Waals surface area contributed by atoms with Crippen LogP contribution in [0.15, 0.2) is 65.7 Å². The number of hydrogen-bond acceptors (Lipinski definition) is 3. The molecule has 3 rings (SSSR count). The van der Waals surface area contributed by atoms with Gasteiger partial charge < -0.3 is 4.74 Å². The van der Waals surface area contributed by atoms with E-state index in [1.54, 1.807) is 7.11 Å². The van der Waals surface area contributed by atoms with Gasteiger partial charge in [0.2, 0.25) is 0 Å². The maximum Gasteiger partial charge on any atom is 0.119 e. The summed E-state index contributed by atoms with van der Waals surface area (Å²) in [5, 5.41) is 0. The molecule has 0 saturated carbocycles. The minimum absolute atomic E-state index is 0.413. The van der Waals surface area contributed by atoms with E-state index in [-0.39, 0.29) is 0 Å². The zero-order chi connectivity index (χ0) is 21.0. The van der Waals surface area contributed by atoms with Gasteiger partial charge in [-0.3, -0.25) is 4.99 Å². The number of methoxy groups -OCH3 is 1. The monoisotopic (exact) mass is 386 g/mol. The van der Waals surface area contributed by atoms with Crippen molar-refractivity contribution in [2.45, 2.75) is 46.5 Å². The number of para-hydroxylation sites is 1. The van der Waals surface area contributed by atoms with E-state index in [0.717, 1.165) is 34.1 Å². The average molecular weight is 387 g/mol. The lowest BCUT2D eigenvalue weighted by Crippen LogP contribution is -2.02. The fourth-order valence-electron chi connectivity index (χ4n) is 3.45. The summed E-state index contributed by atoms with van der Waals surface area (Å²) in [4.78, 5) is 9.95. The molecular weight excluding hydrogens is 356 g/mol. The minimum Gasteiger partial charge on any atom is -0.497 e. The van der Waals surface area contributed by atoms with Gasteiger partial charge in [-0.05, 0) is 54.2 Å². The lowest BCUT2D eigenvalue weighted by molar-refractivity contribution is 0.415. The smallest absolute Gasteiger partial charge is 0.119 e. The third kappa shape index (κ3) is 4.73. The van der Waals surface area contributed by atoms with Crippen molar-refractivity contribution < 1.29 is 4.74 Å². The van der Waals surface area contributed by atoms with Crippen LogP contribution in [0.1, 0.15) is 63.3 Å². The molecule has 3 aromatic rings. The standard InChI is InChI=1S/C26H30N2O/c1-17(2)22-12-8-13-23(18(3)4)26(22)27-19(5)24-14-9-15-25(28-24)20-10-7-11-21(16-20)29-6/h7-18H,1-6H3. The summed E-state index contributed by atoms with van der Waals surface area (Å²) in [7, 11) is 1.68. The van der Waals surface area contributed by atoms with Crippen LogP contribution < -0.4 is 4.74 Å². The van der Waals surface area contributed by atoms with Gasteiger partial charge in [-0.2, -0.15) is 0 Å². The van der Waals surface area contributed by atoms with E-state index in [1.807, 2.05) is 49.4 Å². The number of aliphatic imine (C=N–C) groups is 1. The highest BCUT2D eigenvalue weighted by Gasteiger charge is 2.14. The fraction of sp³-hybridized carbons (Fsp3) is 0.308. The summed E-state index contributed by atoms with van der Waals surface area (Å²) in [6.45, 7) is 10.9. The minimum atomic E-state index is 0.413. The van der Waals surface area contributed by atoms with E-state index < -0.39 is 0 Å². The Morgan fingerprint density at radius 1 is 0.862 bits per heavy atom. The van der Waals surface area contributed by atoms with Crippen LogP contribution >= 0.6 is 0 Å². The highest BCUT2D eigenvalue weighted by atomic mass is 16.5. The summed E-state index contributed by atoms with van der Waals surface area (Å²) in [5.41, 5.74) is 7.40. The average Bonchev–Trinajstić information content (AvgIpc) is 2.73. The van der Waals surface area contributed by atoms with Gasteiger partial charge in [0.15, 0.2) is 0 Å². The molecule has 3 nitrogen and oxygen atoms in total. The van der Waals surface area contributed by atoms with Crippen molar-refractivity contribution in [3.63, 3.8) is 0 Å². The maximum absolute atomic E-state index is 5.35. The molecule has 0 unspecified atom stereocenters. The molecule has 0 N–H and O–H groups in total. The Labute approximate surface area is 174 Å². The van der Waals surface area contributed by atoms with Crippen LogP contribution in [-0.2, 0) is 0 Å². The summed E-state index contributed by atoms with van der Waals surface area (Å²) < 4.78 is 5.35. The molecule has 0 aliphatic carbocycles. The van der Waals surface area contributed by atoms with Gasteiger partial charge in [-0.25, -0.2) is 4.98 Å². The molecule has 0 aliphatic heterocycles. The summed E-state index contributed by atoms with van der Waals surface area (Å²) in [6.07, 6.45) is 0. The van der Waals surface area contributed by atoms with Crippen molar-refractivity contribution in [1.82, 2.24) is 4.98 Å². The lowest BCUT2D eigenvalue weighted by Gasteiger charge is -2.17. The van der Waals surface area contributed by atoms with Gasteiger partial charge >= 0.3 is 0 Å². The summed E-state index contributed by atoms with van der Waals surface area (Å²) >= 11 is 0. The Kier molecular flexibility index (Phi) is 6.48. The Morgan fingerprint density at radius 2 is 1.48 bits per heavy atom. The molecule has 29 heavy (non-hydrogen) atoms. The van der Waals surface area contributed by atoms with Crippen molar-refractivity contribution in [3.8, 4) is 17.0 Å². The summed E-state index contributed by atoms with van der Waals surface area (Å²) in [6, 6.07) is 20.6. The Hall–Kier alpha value is -2.94. The third-order valence-corrected chi connectivity index (χ3v) is 5.11. The first-order valence-corrected chi connectivity index (χ1v) is 10.2. The SMILES string of the molecule is COc1cccc(-c2cccc(C(C)=Nc3c(C(C)C)cccc3C(C)C)n2)c1. The molecule has 0 amide bonds. The van der Waals surface area contributed by atoms with Gasteiger partial charge in [-0.15, -0.1) is 0 Å². The molecule has 0 saturated heterocycles. The van der Waals surface area contributed by atoms with Crippen molar-refractivity contribution in [2.24, 2.45) is 4.99 Å². The summed E-state index contributed by atoms with van der Waals surface area (Å²) in [5.74, 6) is 1.65. The van der Waals surface area contributed by atoms with E-state index in [0.29, 0.717) is 11.8 Å². The van der Waals surface area contributed by atoms with Gasteiger partial charge in [0.05, 0.1) is 29.9 Å². The number of rotatable bonds is 6. The van der Waals surface area contributed by atoms with Gasteiger partial charge in [0, 0.05) is 5.56 Å². The molecule has 0 aliphatic rings. The second-order valence-corrected chi connectivity index (χ2v) is 7.93. The predicted octanol–water partition coefficient (Wildman–Crippen LogP) is 7.14. The van der Waals surface area contributed by atoms with Crippen LogP contribution in [0, 0.1) is 0 Å². The second-order valence-electron chi connectivity index (χ2n) is 7.93. The molecule has 2 aromatic carbocycles. The topological polar surface area (TPSA) is 34.5 Å². The first-order valence-electron chi connectivity index (χ1n) is 10.2. The third-order valence-electron chi connectivity index (χ3n) is 5.11. The largest absolute Gasteiger partial charge is 0.497 e.